The number of hydrogen-bond acceptors (Lipinski definition) is 6. The smallest absolute Gasteiger partial charge is 0.262 e. The standard InChI is InChI=1S/C28H26N4O3S/c1-18-12-14-19(15-13-18)22-16-23(20-8-4-3-5-9-20)32(31-22)28-30-27(34)25(36-28)17-26(33)29-21-10-6-7-11-24(21)35-2/h3-15,23,25H,16-17H2,1-2H3,(H,29,33)/t23-,25+/m0/s1. The van der Waals surface area contributed by atoms with Crippen LogP contribution in [0, 0.1) is 6.92 Å². The van der Waals surface area contributed by atoms with Crippen LogP contribution < -0.4 is 10.1 Å². The Balaban J connectivity index is 1.34. The van der Waals surface area contributed by atoms with Gasteiger partial charge in [0.25, 0.3) is 5.91 Å². The van der Waals surface area contributed by atoms with Crippen molar-refractivity contribution in [2.24, 2.45) is 10.1 Å². The Kier molecular flexibility index (Phi) is 6.86. The van der Waals surface area contributed by atoms with E-state index in [-0.39, 0.29) is 24.3 Å². The fourth-order valence-corrected chi connectivity index (χ4v) is 5.33. The summed E-state index contributed by atoms with van der Waals surface area (Å²) in [4.78, 5) is 29.9. The van der Waals surface area contributed by atoms with Gasteiger partial charge in [-0.2, -0.15) is 10.1 Å². The lowest BCUT2D eigenvalue weighted by molar-refractivity contribution is -0.121. The van der Waals surface area contributed by atoms with Crippen LogP contribution in [-0.2, 0) is 9.59 Å². The molecule has 0 spiro atoms. The van der Waals surface area contributed by atoms with Crippen LogP contribution in [0.3, 0.4) is 0 Å². The number of nitrogens with one attached hydrogen (secondary N) is 1. The Hall–Kier alpha value is -3.91. The number of thioether (sulfide) groups is 1. The quantitative estimate of drug-likeness (QED) is 0.506. The number of amidine groups is 1. The molecule has 0 unspecified atom stereocenters. The van der Waals surface area contributed by atoms with Gasteiger partial charge in [-0.05, 0) is 30.2 Å². The molecule has 0 saturated carbocycles. The number of carbonyl (C=O) groups is 2. The largest absolute Gasteiger partial charge is 0.495 e. The molecule has 5 rings (SSSR count). The number of hydrogen-bond donors (Lipinski definition) is 1. The van der Waals surface area contributed by atoms with Crippen molar-refractivity contribution in [3.63, 3.8) is 0 Å². The number of rotatable bonds is 6. The fourth-order valence-electron chi connectivity index (χ4n) is 4.26. The lowest BCUT2D eigenvalue weighted by atomic mass is 9.98. The molecule has 2 atom stereocenters. The van der Waals surface area contributed by atoms with Gasteiger partial charge in [0, 0.05) is 12.8 Å². The van der Waals surface area contributed by atoms with Gasteiger partial charge < -0.3 is 10.1 Å². The van der Waals surface area contributed by atoms with Gasteiger partial charge in [0.05, 0.1) is 24.6 Å². The van der Waals surface area contributed by atoms with E-state index in [1.54, 1.807) is 19.2 Å². The molecule has 3 aromatic rings. The van der Waals surface area contributed by atoms with Gasteiger partial charge in [-0.3, -0.25) is 9.59 Å². The number of aliphatic imine (C=N–C) groups is 1. The second-order valence-corrected chi connectivity index (χ2v) is 9.85. The van der Waals surface area contributed by atoms with Gasteiger partial charge in [-0.15, -0.1) is 0 Å². The molecule has 0 bridgehead atoms. The minimum Gasteiger partial charge on any atom is -0.495 e. The van der Waals surface area contributed by atoms with Crippen LogP contribution in [0.1, 0.15) is 35.6 Å². The van der Waals surface area contributed by atoms with Crippen LogP contribution >= 0.6 is 11.8 Å². The third kappa shape index (κ3) is 5.04. The Morgan fingerprint density at radius 2 is 1.78 bits per heavy atom. The van der Waals surface area contributed by atoms with Crippen LogP contribution in [0.25, 0.3) is 0 Å². The summed E-state index contributed by atoms with van der Waals surface area (Å²) in [5.41, 5.74) is 4.84. The van der Waals surface area contributed by atoms with Crippen molar-refractivity contribution in [3.8, 4) is 5.75 Å². The van der Waals surface area contributed by atoms with E-state index < -0.39 is 5.25 Å². The van der Waals surface area contributed by atoms with E-state index in [2.05, 4.69) is 53.6 Å². The number of para-hydroxylation sites is 2. The second-order valence-electron chi connectivity index (χ2n) is 8.68. The molecular formula is C28H26N4O3S. The lowest BCUT2D eigenvalue weighted by Gasteiger charge is -2.23. The van der Waals surface area contributed by atoms with Crippen molar-refractivity contribution in [1.29, 1.82) is 0 Å². The SMILES string of the molecule is COc1ccccc1NC(=O)C[C@H]1SC(N2N=C(c3ccc(C)cc3)C[C@H]2c2ccccc2)=NC1=O. The van der Waals surface area contributed by atoms with Crippen LogP contribution in [0.2, 0.25) is 0 Å². The molecule has 0 radical (unpaired) electrons. The molecule has 7 nitrogen and oxygen atoms in total. The zero-order valence-electron chi connectivity index (χ0n) is 20.0. The number of ether oxygens (including phenoxy) is 1. The highest BCUT2D eigenvalue weighted by atomic mass is 32.2. The second kappa shape index (κ2) is 10.4. The number of aryl methyl sites for hydroxylation is 1. The van der Waals surface area contributed by atoms with E-state index in [0.29, 0.717) is 23.0 Å². The number of nitrogens with zero attached hydrogens (tertiary/aromatic N) is 3. The van der Waals surface area contributed by atoms with Crippen molar-refractivity contribution in [1.82, 2.24) is 5.01 Å². The molecule has 0 aromatic heterocycles. The van der Waals surface area contributed by atoms with Gasteiger partial charge in [0.1, 0.15) is 11.0 Å². The van der Waals surface area contributed by atoms with E-state index >= 15 is 0 Å². The molecule has 182 valence electrons. The van der Waals surface area contributed by atoms with E-state index in [9.17, 15) is 9.59 Å². The first kappa shape index (κ1) is 23.8. The molecule has 3 aromatic carbocycles. The first-order chi connectivity index (χ1) is 17.5. The zero-order valence-corrected chi connectivity index (χ0v) is 20.9. The van der Waals surface area contributed by atoms with Crippen LogP contribution in [-0.4, -0.2) is 40.1 Å². The summed E-state index contributed by atoms with van der Waals surface area (Å²) in [6.07, 6.45) is 0.701. The van der Waals surface area contributed by atoms with Gasteiger partial charge in [0.2, 0.25) is 5.91 Å². The molecule has 36 heavy (non-hydrogen) atoms. The number of carbonyl (C=O) groups excluding carboxylic acids is 2. The number of anilines is 1. The Morgan fingerprint density at radius 3 is 2.53 bits per heavy atom. The first-order valence-corrected chi connectivity index (χ1v) is 12.6. The number of hydrazone groups is 1. The van der Waals surface area contributed by atoms with E-state index in [1.165, 1.54) is 17.3 Å². The lowest BCUT2D eigenvalue weighted by Crippen LogP contribution is -2.25. The maximum Gasteiger partial charge on any atom is 0.262 e. The minimum absolute atomic E-state index is 0.00687. The number of methoxy groups -OCH3 is 1. The van der Waals surface area contributed by atoms with Crippen molar-refractivity contribution in [3.05, 3.63) is 95.6 Å². The number of benzene rings is 3. The maximum absolute atomic E-state index is 12.8. The predicted molar refractivity (Wildman–Crippen MR) is 143 cm³/mol. The fraction of sp³-hybridized carbons (Fsp3) is 0.214. The Labute approximate surface area is 214 Å². The monoisotopic (exact) mass is 498 g/mol. The molecule has 1 N–H and O–H groups in total. The molecule has 8 heteroatoms. The van der Waals surface area contributed by atoms with Crippen molar-refractivity contribution >= 4 is 40.1 Å². The zero-order chi connectivity index (χ0) is 25.1. The summed E-state index contributed by atoms with van der Waals surface area (Å²) in [5.74, 6) is -0.0309. The number of amides is 2. The highest BCUT2D eigenvalue weighted by molar-refractivity contribution is 8.15. The third-order valence-electron chi connectivity index (χ3n) is 6.16. The van der Waals surface area contributed by atoms with Gasteiger partial charge in [-0.1, -0.05) is 84.1 Å². The molecule has 2 aliphatic heterocycles. The maximum atomic E-state index is 12.8. The minimum atomic E-state index is -0.607. The predicted octanol–water partition coefficient (Wildman–Crippen LogP) is 5.18. The summed E-state index contributed by atoms with van der Waals surface area (Å²) >= 11 is 1.29. The Morgan fingerprint density at radius 1 is 1.06 bits per heavy atom. The van der Waals surface area contributed by atoms with Crippen LogP contribution in [0.4, 0.5) is 5.69 Å². The summed E-state index contributed by atoms with van der Waals surface area (Å²) in [7, 11) is 1.55. The average molecular weight is 499 g/mol. The normalized spacial score (nSPS) is 19.2. The molecule has 2 amide bonds. The van der Waals surface area contributed by atoms with E-state index in [1.807, 2.05) is 35.3 Å². The van der Waals surface area contributed by atoms with Crippen LogP contribution in [0.15, 0.2) is 89.0 Å². The van der Waals surface area contributed by atoms with Gasteiger partial charge >= 0.3 is 0 Å². The molecule has 2 heterocycles. The summed E-state index contributed by atoms with van der Waals surface area (Å²) < 4.78 is 5.30. The molecule has 2 aliphatic rings. The summed E-state index contributed by atoms with van der Waals surface area (Å²) in [6.45, 7) is 2.05. The van der Waals surface area contributed by atoms with Gasteiger partial charge in [0.15, 0.2) is 5.17 Å². The van der Waals surface area contributed by atoms with E-state index in [4.69, 9.17) is 9.84 Å². The average Bonchev–Trinajstić information content (AvgIpc) is 3.49. The molecule has 0 saturated heterocycles. The van der Waals surface area contributed by atoms with E-state index in [0.717, 1.165) is 16.8 Å². The topological polar surface area (TPSA) is 83.4 Å². The summed E-state index contributed by atoms with van der Waals surface area (Å²) in [5, 5.41) is 9.49. The first-order valence-electron chi connectivity index (χ1n) is 11.7. The van der Waals surface area contributed by atoms with Crippen molar-refractivity contribution in [2.45, 2.75) is 31.1 Å². The van der Waals surface area contributed by atoms with Gasteiger partial charge in [-0.25, -0.2) is 5.01 Å². The highest BCUT2D eigenvalue weighted by Gasteiger charge is 2.39. The Bertz CT molecular complexity index is 1340. The molecular weight excluding hydrogens is 472 g/mol. The molecule has 0 fully saturated rings. The van der Waals surface area contributed by atoms with Crippen molar-refractivity contribution in [2.75, 3.05) is 12.4 Å². The van der Waals surface area contributed by atoms with Crippen molar-refractivity contribution < 1.29 is 14.3 Å². The summed E-state index contributed by atoms with van der Waals surface area (Å²) in [6, 6.07) is 25.5. The highest BCUT2D eigenvalue weighted by Crippen LogP contribution is 2.38. The molecule has 0 aliphatic carbocycles. The third-order valence-corrected chi connectivity index (χ3v) is 7.30. The van der Waals surface area contributed by atoms with Crippen LogP contribution in [0.5, 0.6) is 5.75 Å².